The van der Waals surface area contributed by atoms with Crippen LogP contribution in [-0.4, -0.2) is 17.6 Å². The van der Waals surface area contributed by atoms with Gasteiger partial charge >= 0.3 is 5.97 Å². The van der Waals surface area contributed by atoms with Gasteiger partial charge in [0.25, 0.3) is 0 Å². The van der Waals surface area contributed by atoms with Gasteiger partial charge in [0.1, 0.15) is 17.7 Å². The molecule has 2 rings (SSSR count). The molecule has 114 valence electrons. The molecule has 0 fully saturated rings. The number of benzene rings is 1. The number of nitriles is 2. The van der Waals surface area contributed by atoms with Crippen LogP contribution in [0.4, 0.5) is 0 Å². The largest absolute Gasteiger partial charge is 0.465 e. The molecule has 0 amide bonds. The number of carbonyl (C=O) groups excluding carboxylic acids is 1. The maximum Gasteiger partial charge on any atom is 0.337 e. The second-order valence-electron chi connectivity index (χ2n) is 4.98. The van der Waals surface area contributed by atoms with Crippen molar-refractivity contribution in [2.24, 2.45) is 0 Å². The van der Waals surface area contributed by atoms with E-state index in [1.807, 2.05) is 48.8 Å². The number of esters is 1. The van der Waals surface area contributed by atoms with E-state index in [0.717, 1.165) is 22.6 Å². The minimum atomic E-state index is -0.381. The number of ether oxygens (including phenoxy) is 1. The van der Waals surface area contributed by atoms with Crippen molar-refractivity contribution in [3.63, 3.8) is 0 Å². The Balaban J connectivity index is 2.48. The van der Waals surface area contributed by atoms with Crippen molar-refractivity contribution in [3.8, 4) is 17.8 Å². The second kappa shape index (κ2) is 6.64. The summed E-state index contributed by atoms with van der Waals surface area (Å²) in [6.45, 7) is 3.86. The fourth-order valence-corrected chi connectivity index (χ4v) is 2.44. The zero-order valence-corrected chi connectivity index (χ0v) is 13.1. The number of carbonyl (C=O) groups is 1. The zero-order valence-electron chi connectivity index (χ0n) is 13.1. The van der Waals surface area contributed by atoms with E-state index in [9.17, 15) is 4.79 Å². The average Bonchev–Trinajstić information content (AvgIpc) is 2.85. The van der Waals surface area contributed by atoms with E-state index in [1.165, 1.54) is 7.11 Å². The van der Waals surface area contributed by atoms with Gasteiger partial charge < -0.3 is 9.30 Å². The van der Waals surface area contributed by atoms with Crippen LogP contribution in [0.15, 0.2) is 35.9 Å². The minimum Gasteiger partial charge on any atom is -0.465 e. The third kappa shape index (κ3) is 3.14. The van der Waals surface area contributed by atoms with Gasteiger partial charge in [-0.2, -0.15) is 10.5 Å². The van der Waals surface area contributed by atoms with Crippen molar-refractivity contribution >= 4 is 12.0 Å². The SMILES string of the molecule is COC(=O)c1ccc(-n2c(C)cc(C=C(C#N)C#N)c2C)cc1. The van der Waals surface area contributed by atoms with Crippen LogP contribution < -0.4 is 0 Å². The molecular weight excluding hydrogens is 290 g/mol. The standard InChI is InChI=1S/C18H15N3O2/c1-12-8-16(9-14(10-19)11-20)13(2)21(12)17-6-4-15(5-7-17)18(22)23-3/h4-9H,1-3H3. The molecule has 0 radical (unpaired) electrons. The molecule has 0 saturated heterocycles. The van der Waals surface area contributed by atoms with Gasteiger partial charge in [0.05, 0.1) is 12.7 Å². The topological polar surface area (TPSA) is 78.8 Å². The Labute approximate surface area is 134 Å². The summed E-state index contributed by atoms with van der Waals surface area (Å²) in [5, 5.41) is 17.8. The summed E-state index contributed by atoms with van der Waals surface area (Å²) in [7, 11) is 1.34. The lowest BCUT2D eigenvalue weighted by Gasteiger charge is -2.10. The van der Waals surface area contributed by atoms with Crippen molar-refractivity contribution < 1.29 is 9.53 Å². The number of methoxy groups -OCH3 is 1. The second-order valence-corrected chi connectivity index (χ2v) is 4.98. The van der Waals surface area contributed by atoms with Gasteiger partial charge in [0.15, 0.2) is 0 Å². The highest BCUT2D eigenvalue weighted by Crippen LogP contribution is 2.23. The zero-order chi connectivity index (χ0) is 17.0. The molecule has 23 heavy (non-hydrogen) atoms. The molecule has 0 aliphatic rings. The number of aryl methyl sites for hydroxylation is 1. The van der Waals surface area contributed by atoms with E-state index >= 15 is 0 Å². The number of aromatic nitrogens is 1. The Morgan fingerprint density at radius 1 is 1.17 bits per heavy atom. The summed E-state index contributed by atoms with van der Waals surface area (Å²) in [6, 6.07) is 12.7. The van der Waals surface area contributed by atoms with Gasteiger partial charge in [-0.1, -0.05) is 0 Å². The van der Waals surface area contributed by atoms with E-state index < -0.39 is 0 Å². The summed E-state index contributed by atoms with van der Waals surface area (Å²) < 4.78 is 6.69. The van der Waals surface area contributed by atoms with Gasteiger partial charge in [-0.25, -0.2) is 4.79 Å². The molecule has 0 bridgehead atoms. The first-order valence-electron chi connectivity index (χ1n) is 6.91. The fraction of sp³-hybridized carbons (Fsp3) is 0.167. The molecule has 1 aromatic heterocycles. The van der Waals surface area contributed by atoms with Crippen LogP contribution >= 0.6 is 0 Å². The Kier molecular flexibility index (Phi) is 4.64. The highest BCUT2D eigenvalue weighted by atomic mass is 16.5. The lowest BCUT2D eigenvalue weighted by molar-refractivity contribution is 0.0601. The molecular formula is C18H15N3O2. The molecule has 1 aromatic carbocycles. The maximum absolute atomic E-state index is 11.5. The molecule has 1 heterocycles. The number of hydrogen-bond donors (Lipinski definition) is 0. The number of hydrogen-bond acceptors (Lipinski definition) is 4. The molecule has 0 unspecified atom stereocenters. The summed E-state index contributed by atoms with van der Waals surface area (Å²) in [4.78, 5) is 11.5. The number of nitrogens with zero attached hydrogens (tertiary/aromatic N) is 3. The van der Waals surface area contributed by atoms with E-state index in [1.54, 1.807) is 18.2 Å². The van der Waals surface area contributed by atoms with Crippen LogP contribution in [0.2, 0.25) is 0 Å². The minimum absolute atomic E-state index is 0.0614. The smallest absolute Gasteiger partial charge is 0.337 e. The Bertz CT molecular complexity index is 843. The van der Waals surface area contributed by atoms with Crippen molar-refractivity contribution in [1.82, 2.24) is 4.57 Å². The van der Waals surface area contributed by atoms with Crippen molar-refractivity contribution in [3.05, 3.63) is 58.4 Å². The van der Waals surface area contributed by atoms with E-state index in [2.05, 4.69) is 4.74 Å². The molecule has 0 saturated carbocycles. The molecule has 2 aromatic rings. The van der Waals surface area contributed by atoms with E-state index in [4.69, 9.17) is 10.5 Å². The summed E-state index contributed by atoms with van der Waals surface area (Å²) >= 11 is 0. The quantitative estimate of drug-likeness (QED) is 0.643. The van der Waals surface area contributed by atoms with Gasteiger partial charge in [-0.3, -0.25) is 0 Å². The van der Waals surface area contributed by atoms with Crippen molar-refractivity contribution in [1.29, 1.82) is 10.5 Å². The molecule has 5 nitrogen and oxygen atoms in total. The van der Waals surface area contributed by atoms with Gasteiger partial charge in [0, 0.05) is 17.1 Å². The Morgan fingerprint density at radius 3 is 2.30 bits per heavy atom. The fourth-order valence-electron chi connectivity index (χ4n) is 2.44. The molecule has 0 N–H and O–H groups in total. The molecule has 0 atom stereocenters. The average molecular weight is 305 g/mol. The van der Waals surface area contributed by atoms with Crippen LogP contribution in [0, 0.1) is 36.5 Å². The Hall–Kier alpha value is -3.31. The third-order valence-corrected chi connectivity index (χ3v) is 3.56. The maximum atomic E-state index is 11.5. The van der Waals surface area contributed by atoms with E-state index in [0.29, 0.717) is 5.56 Å². The van der Waals surface area contributed by atoms with Crippen LogP contribution in [0.25, 0.3) is 11.8 Å². The first-order chi connectivity index (χ1) is 11.0. The molecule has 0 aliphatic carbocycles. The predicted octanol–water partition coefficient (Wildman–Crippen LogP) is 3.31. The van der Waals surface area contributed by atoms with Crippen molar-refractivity contribution in [2.45, 2.75) is 13.8 Å². The normalized spacial score (nSPS) is 9.61. The van der Waals surface area contributed by atoms with Crippen LogP contribution in [0.1, 0.15) is 27.3 Å². The van der Waals surface area contributed by atoms with Gasteiger partial charge in [-0.05, 0) is 55.8 Å². The molecule has 0 spiro atoms. The highest BCUT2D eigenvalue weighted by molar-refractivity contribution is 5.89. The summed E-state index contributed by atoms with van der Waals surface area (Å²) in [5.74, 6) is -0.381. The number of allylic oxidation sites excluding steroid dienone is 1. The predicted molar refractivity (Wildman–Crippen MR) is 85.8 cm³/mol. The summed E-state index contributed by atoms with van der Waals surface area (Å²) in [5.41, 5.74) is 4.13. The summed E-state index contributed by atoms with van der Waals surface area (Å²) in [6.07, 6.45) is 1.57. The third-order valence-electron chi connectivity index (χ3n) is 3.56. The van der Waals surface area contributed by atoms with Crippen LogP contribution in [-0.2, 0) is 4.74 Å². The number of rotatable bonds is 3. The van der Waals surface area contributed by atoms with Gasteiger partial charge in [0.2, 0.25) is 0 Å². The first-order valence-corrected chi connectivity index (χ1v) is 6.91. The van der Waals surface area contributed by atoms with E-state index in [-0.39, 0.29) is 11.5 Å². The highest BCUT2D eigenvalue weighted by Gasteiger charge is 2.11. The molecule has 5 heteroatoms. The lowest BCUT2D eigenvalue weighted by Crippen LogP contribution is -2.03. The lowest BCUT2D eigenvalue weighted by atomic mass is 10.1. The molecule has 0 aliphatic heterocycles. The monoisotopic (exact) mass is 305 g/mol. The Morgan fingerprint density at radius 2 is 1.78 bits per heavy atom. The van der Waals surface area contributed by atoms with Crippen LogP contribution in [0.3, 0.4) is 0 Å². The van der Waals surface area contributed by atoms with Crippen LogP contribution in [0.5, 0.6) is 0 Å². The van der Waals surface area contributed by atoms with Crippen molar-refractivity contribution in [2.75, 3.05) is 7.11 Å². The van der Waals surface area contributed by atoms with Gasteiger partial charge in [-0.15, -0.1) is 0 Å². The first kappa shape index (κ1) is 16.1.